The minimum Gasteiger partial charge on any atom is -0.354 e. The van der Waals surface area contributed by atoms with Crippen LogP contribution >= 0.6 is 0 Å². The molecule has 2 atom stereocenters. The summed E-state index contributed by atoms with van der Waals surface area (Å²) < 4.78 is 0. The van der Waals surface area contributed by atoms with Gasteiger partial charge in [0, 0.05) is 51.4 Å². The van der Waals surface area contributed by atoms with Gasteiger partial charge in [0.05, 0.1) is 0 Å². The summed E-state index contributed by atoms with van der Waals surface area (Å²) in [4.78, 5) is 18.2. The molecule has 6 nitrogen and oxygen atoms in total. The molecular formula is C24H33N5O. The molecule has 1 heterocycles. The van der Waals surface area contributed by atoms with Gasteiger partial charge >= 0.3 is 0 Å². The van der Waals surface area contributed by atoms with E-state index >= 15 is 0 Å². The van der Waals surface area contributed by atoms with Crippen LogP contribution in [0.3, 0.4) is 0 Å². The lowest BCUT2D eigenvalue weighted by molar-refractivity contribution is -0.114. The number of carbonyl (C=O) groups is 1. The van der Waals surface area contributed by atoms with Gasteiger partial charge in [0.2, 0.25) is 5.91 Å². The van der Waals surface area contributed by atoms with Crippen LogP contribution in [0, 0.1) is 0 Å². The van der Waals surface area contributed by atoms with Crippen LogP contribution in [-0.4, -0.2) is 42.4 Å². The first kappa shape index (κ1) is 21.8. The second kappa shape index (κ2) is 10.8. The van der Waals surface area contributed by atoms with Gasteiger partial charge in [-0.25, -0.2) is 0 Å². The predicted octanol–water partition coefficient (Wildman–Crippen LogP) is 3.36. The third kappa shape index (κ3) is 6.59. The molecule has 3 rings (SSSR count). The molecule has 1 fully saturated rings. The van der Waals surface area contributed by atoms with Gasteiger partial charge < -0.3 is 16.0 Å². The number of aliphatic imine (C=N–C) groups is 1. The first-order valence-corrected chi connectivity index (χ1v) is 10.6. The van der Waals surface area contributed by atoms with Crippen molar-refractivity contribution < 1.29 is 4.79 Å². The maximum Gasteiger partial charge on any atom is 0.221 e. The molecule has 160 valence electrons. The molecule has 1 aliphatic heterocycles. The third-order valence-corrected chi connectivity index (χ3v) is 5.51. The zero-order chi connectivity index (χ0) is 21.3. The van der Waals surface area contributed by atoms with E-state index in [1.54, 1.807) is 7.05 Å². The van der Waals surface area contributed by atoms with E-state index < -0.39 is 0 Å². The second-order valence-electron chi connectivity index (χ2n) is 7.98. The number of amides is 1. The lowest BCUT2D eigenvalue weighted by Crippen LogP contribution is -2.51. The van der Waals surface area contributed by atoms with Gasteiger partial charge in [0.15, 0.2) is 5.96 Å². The van der Waals surface area contributed by atoms with Crippen LogP contribution in [0.15, 0.2) is 59.6 Å². The first-order chi connectivity index (χ1) is 14.5. The molecule has 0 radical (unpaired) electrons. The highest BCUT2D eigenvalue weighted by molar-refractivity contribution is 5.88. The fraction of sp³-hybridized carbons (Fsp3) is 0.417. The standard InChI is InChI=1S/C24H33N5O/c1-18-14-23(12-13-29(18)17-20-8-5-4-6-9-20)28-24(25-3)26-16-21-10-7-11-22(15-21)27-19(2)30/h4-11,15,18,23H,12-14,16-17H2,1-3H3,(H,27,30)(H2,25,26,28). The number of likely N-dealkylation sites (tertiary alicyclic amines) is 1. The number of hydrogen-bond donors (Lipinski definition) is 3. The summed E-state index contributed by atoms with van der Waals surface area (Å²) in [6, 6.07) is 19.5. The minimum absolute atomic E-state index is 0.0645. The summed E-state index contributed by atoms with van der Waals surface area (Å²) >= 11 is 0. The van der Waals surface area contributed by atoms with Crippen LogP contribution < -0.4 is 16.0 Å². The highest BCUT2D eigenvalue weighted by Gasteiger charge is 2.25. The van der Waals surface area contributed by atoms with E-state index in [-0.39, 0.29) is 5.91 Å². The second-order valence-corrected chi connectivity index (χ2v) is 7.98. The number of piperidine rings is 1. The Labute approximate surface area is 179 Å². The number of rotatable bonds is 6. The van der Waals surface area contributed by atoms with Crippen LogP contribution in [0.1, 0.15) is 37.8 Å². The van der Waals surface area contributed by atoms with Gasteiger partial charge in [-0.3, -0.25) is 14.7 Å². The molecule has 2 aromatic carbocycles. The normalized spacial score (nSPS) is 19.9. The van der Waals surface area contributed by atoms with Gasteiger partial charge in [0.25, 0.3) is 0 Å². The number of nitrogens with one attached hydrogen (secondary N) is 3. The number of benzene rings is 2. The van der Waals surface area contributed by atoms with E-state index in [1.807, 2.05) is 24.3 Å². The largest absolute Gasteiger partial charge is 0.354 e. The van der Waals surface area contributed by atoms with Crippen molar-refractivity contribution in [2.45, 2.75) is 51.9 Å². The van der Waals surface area contributed by atoms with E-state index in [9.17, 15) is 4.79 Å². The Morgan fingerprint density at radius 3 is 2.60 bits per heavy atom. The van der Waals surface area contributed by atoms with Crippen LogP contribution in [0.25, 0.3) is 0 Å². The summed E-state index contributed by atoms with van der Waals surface area (Å²) in [5.74, 6) is 0.749. The molecule has 0 saturated carbocycles. The van der Waals surface area contributed by atoms with E-state index in [4.69, 9.17) is 0 Å². The first-order valence-electron chi connectivity index (χ1n) is 10.6. The van der Waals surface area contributed by atoms with Crippen LogP contribution in [0.2, 0.25) is 0 Å². The molecule has 2 aromatic rings. The van der Waals surface area contributed by atoms with Crippen molar-refractivity contribution in [3.8, 4) is 0 Å². The van der Waals surface area contributed by atoms with Crippen molar-refractivity contribution in [3.63, 3.8) is 0 Å². The van der Waals surface area contributed by atoms with Crippen molar-refractivity contribution >= 4 is 17.6 Å². The quantitative estimate of drug-likeness (QED) is 0.507. The maximum absolute atomic E-state index is 11.3. The number of hydrogen-bond acceptors (Lipinski definition) is 3. The Bertz CT molecular complexity index is 852. The molecule has 0 aromatic heterocycles. The molecule has 6 heteroatoms. The molecule has 30 heavy (non-hydrogen) atoms. The number of carbonyl (C=O) groups excluding carboxylic acids is 1. The maximum atomic E-state index is 11.3. The zero-order valence-electron chi connectivity index (χ0n) is 18.2. The fourth-order valence-electron chi connectivity index (χ4n) is 3.94. The zero-order valence-corrected chi connectivity index (χ0v) is 18.2. The number of nitrogens with zero attached hydrogens (tertiary/aromatic N) is 2. The Balaban J connectivity index is 1.48. The average Bonchev–Trinajstić information content (AvgIpc) is 2.73. The summed E-state index contributed by atoms with van der Waals surface area (Å²) in [5, 5.41) is 9.79. The van der Waals surface area contributed by atoms with Crippen LogP contribution in [0.4, 0.5) is 5.69 Å². The summed E-state index contributed by atoms with van der Waals surface area (Å²) in [6.07, 6.45) is 2.18. The highest BCUT2D eigenvalue weighted by Crippen LogP contribution is 2.20. The van der Waals surface area contributed by atoms with Gasteiger partial charge in [-0.15, -0.1) is 0 Å². The van der Waals surface area contributed by atoms with Gasteiger partial charge in [-0.1, -0.05) is 42.5 Å². The number of anilines is 1. The summed E-state index contributed by atoms with van der Waals surface area (Å²) in [6.45, 7) is 6.55. The van der Waals surface area contributed by atoms with E-state index in [2.05, 4.69) is 63.1 Å². The molecule has 3 N–H and O–H groups in total. The SMILES string of the molecule is CN=C(NCc1cccc(NC(C)=O)c1)NC1CCN(Cc2ccccc2)C(C)C1. The minimum atomic E-state index is -0.0645. The predicted molar refractivity (Wildman–Crippen MR) is 123 cm³/mol. The Hall–Kier alpha value is -2.86. The molecule has 0 spiro atoms. The Morgan fingerprint density at radius 1 is 1.13 bits per heavy atom. The Kier molecular flexibility index (Phi) is 7.85. The highest BCUT2D eigenvalue weighted by atomic mass is 16.1. The van der Waals surface area contributed by atoms with Gasteiger partial charge in [0.1, 0.15) is 0 Å². The van der Waals surface area contributed by atoms with Crippen molar-refractivity contribution in [1.82, 2.24) is 15.5 Å². The molecule has 2 unspecified atom stereocenters. The Morgan fingerprint density at radius 2 is 1.90 bits per heavy atom. The van der Waals surface area contributed by atoms with Crippen molar-refractivity contribution in [2.75, 3.05) is 18.9 Å². The van der Waals surface area contributed by atoms with Gasteiger partial charge in [-0.05, 0) is 43.0 Å². The van der Waals surface area contributed by atoms with Crippen molar-refractivity contribution in [3.05, 3.63) is 65.7 Å². The van der Waals surface area contributed by atoms with Crippen molar-refractivity contribution in [1.29, 1.82) is 0 Å². The van der Waals surface area contributed by atoms with Crippen LogP contribution in [-0.2, 0) is 17.9 Å². The lowest BCUT2D eigenvalue weighted by atomic mass is 9.97. The monoisotopic (exact) mass is 407 g/mol. The smallest absolute Gasteiger partial charge is 0.221 e. The molecule has 0 aliphatic carbocycles. The van der Waals surface area contributed by atoms with Gasteiger partial charge in [-0.2, -0.15) is 0 Å². The van der Waals surface area contributed by atoms with E-state index in [0.717, 1.165) is 43.1 Å². The summed E-state index contributed by atoms with van der Waals surface area (Å²) in [7, 11) is 1.80. The molecule has 1 amide bonds. The molecule has 1 aliphatic rings. The lowest BCUT2D eigenvalue weighted by Gasteiger charge is -2.38. The van der Waals surface area contributed by atoms with Crippen molar-refractivity contribution in [2.24, 2.45) is 4.99 Å². The number of guanidine groups is 1. The molecule has 1 saturated heterocycles. The fourth-order valence-corrected chi connectivity index (χ4v) is 3.94. The third-order valence-electron chi connectivity index (χ3n) is 5.51. The van der Waals surface area contributed by atoms with E-state index in [1.165, 1.54) is 12.5 Å². The summed E-state index contributed by atoms with van der Waals surface area (Å²) in [5.41, 5.74) is 3.27. The van der Waals surface area contributed by atoms with E-state index in [0.29, 0.717) is 18.6 Å². The average molecular weight is 408 g/mol. The molecular weight excluding hydrogens is 374 g/mol. The molecule has 0 bridgehead atoms. The van der Waals surface area contributed by atoms with Crippen LogP contribution in [0.5, 0.6) is 0 Å². The topological polar surface area (TPSA) is 68.8 Å².